The van der Waals surface area contributed by atoms with Crippen molar-refractivity contribution in [1.29, 1.82) is 0 Å². The summed E-state index contributed by atoms with van der Waals surface area (Å²) in [4.78, 5) is 0. The Morgan fingerprint density at radius 2 is 1.00 bits per heavy atom. The fraction of sp³-hybridized carbons (Fsp3) is 0.200. The predicted octanol–water partition coefficient (Wildman–Crippen LogP) is 7.34. The maximum Gasteiger partial charge on any atom is 0.495 e. The van der Waals surface area contributed by atoms with Gasteiger partial charge in [-0.05, 0) is 54.7 Å². The smallest absolute Gasteiger partial charge is 0.455 e. The Labute approximate surface area is 198 Å². The third kappa shape index (κ3) is 2.55. The normalized spacial score (nSPS) is 17.6. The summed E-state index contributed by atoms with van der Waals surface area (Å²) in [5.74, 6) is 0. The number of furan rings is 1. The van der Waals surface area contributed by atoms with Crippen molar-refractivity contribution in [1.82, 2.24) is 0 Å². The summed E-state index contributed by atoms with van der Waals surface area (Å²) in [6, 6.07) is 27.8. The van der Waals surface area contributed by atoms with E-state index in [1.807, 2.05) is 0 Å². The van der Waals surface area contributed by atoms with E-state index in [-0.39, 0.29) is 0 Å². The number of rotatable bonds is 1. The molecule has 0 saturated carbocycles. The van der Waals surface area contributed by atoms with Gasteiger partial charge in [-0.2, -0.15) is 0 Å². The zero-order valence-electron chi connectivity index (χ0n) is 19.8. The quantitative estimate of drug-likeness (QED) is 0.196. The summed E-state index contributed by atoms with van der Waals surface area (Å²) >= 11 is 0. The lowest BCUT2D eigenvalue weighted by Crippen LogP contribution is -2.41. The first-order valence-electron chi connectivity index (χ1n) is 11.9. The van der Waals surface area contributed by atoms with E-state index in [9.17, 15) is 0 Å². The lowest BCUT2D eigenvalue weighted by Gasteiger charge is -2.32. The van der Waals surface area contributed by atoms with Crippen molar-refractivity contribution in [3.8, 4) is 0 Å². The Bertz CT molecular complexity index is 1760. The molecule has 2 heterocycles. The van der Waals surface area contributed by atoms with E-state index in [0.717, 1.165) is 43.6 Å². The third-order valence-electron chi connectivity index (χ3n) is 7.89. The number of fused-ring (bicyclic) bond motifs is 10. The molecule has 4 heteroatoms. The van der Waals surface area contributed by atoms with Crippen LogP contribution in [-0.4, -0.2) is 18.3 Å². The molecule has 7 rings (SSSR count). The molecule has 0 spiro atoms. The molecule has 0 aliphatic carbocycles. The average Bonchev–Trinajstić information content (AvgIpc) is 3.33. The lowest BCUT2D eigenvalue weighted by atomic mass is 9.75. The Morgan fingerprint density at radius 3 is 1.62 bits per heavy atom. The lowest BCUT2D eigenvalue weighted by molar-refractivity contribution is 0.00578. The van der Waals surface area contributed by atoms with Crippen LogP contribution >= 0.6 is 0 Å². The average molecular weight is 444 g/mol. The number of hydrogen-bond acceptors (Lipinski definition) is 3. The first-order chi connectivity index (χ1) is 16.4. The zero-order valence-corrected chi connectivity index (χ0v) is 19.8. The van der Waals surface area contributed by atoms with Gasteiger partial charge in [0.15, 0.2) is 0 Å². The Morgan fingerprint density at radius 1 is 0.529 bits per heavy atom. The molecule has 1 aliphatic heterocycles. The van der Waals surface area contributed by atoms with E-state index in [2.05, 4.69) is 107 Å². The van der Waals surface area contributed by atoms with Crippen molar-refractivity contribution in [2.24, 2.45) is 0 Å². The third-order valence-corrected chi connectivity index (χ3v) is 7.89. The molecule has 34 heavy (non-hydrogen) atoms. The van der Waals surface area contributed by atoms with Gasteiger partial charge in [0.2, 0.25) is 0 Å². The Kier molecular flexibility index (Phi) is 3.91. The van der Waals surface area contributed by atoms with Crippen LogP contribution in [0.1, 0.15) is 27.7 Å². The number of hydrogen-bond donors (Lipinski definition) is 0. The molecule has 1 aromatic heterocycles. The highest BCUT2D eigenvalue weighted by Gasteiger charge is 2.52. The van der Waals surface area contributed by atoms with Gasteiger partial charge in [0.1, 0.15) is 11.2 Å². The van der Waals surface area contributed by atoms with Crippen LogP contribution in [0.2, 0.25) is 0 Å². The van der Waals surface area contributed by atoms with Crippen LogP contribution in [0, 0.1) is 0 Å². The molecular weight excluding hydrogens is 419 g/mol. The summed E-state index contributed by atoms with van der Waals surface area (Å²) in [5.41, 5.74) is 2.07. The summed E-state index contributed by atoms with van der Waals surface area (Å²) in [7, 11) is -0.448. The molecule has 5 aromatic carbocycles. The number of benzene rings is 5. The van der Waals surface area contributed by atoms with Gasteiger partial charge >= 0.3 is 7.12 Å². The molecular formula is C30H25BO3. The summed E-state index contributed by atoms with van der Waals surface area (Å²) < 4.78 is 19.7. The van der Waals surface area contributed by atoms with Gasteiger partial charge in [-0.3, -0.25) is 0 Å². The van der Waals surface area contributed by atoms with E-state index in [1.54, 1.807) is 0 Å². The molecule has 166 valence electrons. The van der Waals surface area contributed by atoms with E-state index < -0.39 is 18.3 Å². The zero-order chi connectivity index (χ0) is 23.2. The maximum atomic E-state index is 6.70. The fourth-order valence-corrected chi connectivity index (χ4v) is 5.42. The van der Waals surface area contributed by atoms with Crippen molar-refractivity contribution < 1.29 is 13.7 Å². The highest BCUT2D eigenvalue weighted by Crippen LogP contribution is 2.43. The summed E-state index contributed by atoms with van der Waals surface area (Å²) in [6.45, 7) is 8.39. The second-order valence-corrected chi connectivity index (χ2v) is 10.4. The van der Waals surface area contributed by atoms with Gasteiger partial charge in [-0.1, -0.05) is 78.9 Å². The standard InChI is InChI=1S/C30H25BO3/c1-29(2)30(3,4)34-31(33-29)25-17-24-26-21-14-8-5-11-18(21)19-12-6-9-15-22(19)28(26)32-27(24)23-16-10-7-13-20(23)25/h5-17H,1-4H3. The molecule has 0 radical (unpaired) electrons. The molecule has 1 aliphatic rings. The minimum Gasteiger partial charge on any atom is -0.455 e. The second-order valence-electron chi connectivity index (χ2n) is 10.4. The van der Waals surface area contributed by atoms with Gasteiger partial charge in [0.05, 0.1) is 11.2 Å². The van der Waals surface area contributed by atoms with E-state index in [4.69, 9.17) is 13.7 Å². The van der Waals surface area contributed by atoms with Crippen LogP contribution in [0.5, 0.6) is 0 Å². The first kappa shape index (κ1) is 20.1. The van der Waals surface area contributed by atoms with Crippen molar-refractivity contribution in [3.05, 3.63) is 78.9 Å². The fourth-order valence-electron chi connectivity index (χ4n) is 5.42. The van der Waals surface area contributed by atoms with Gasteiger partial charge in [-0.15, -0.1) is 0 Å². The molecule has 0 atom stereocenters. The minimum absolute atomic E-state index is 0.408. The van der Waals surface area contributed by atoms with Crippen LogP contribution < -0.4 is 5.46 Å². The molecule has 1 saturated heterocycles. The molecule has 0 amide bonds. The van der Waals surface area contributed by atoms with E-state index in [0.29, 0.717) is 0 Å². The summed E-state index contributed by atoms with van der Waals surface area (Å²) in [5, 5.41) is 9.20. The van der Waals surface area contributed by atoms with Crippen LogP contribution in [0.3, 0.4) is 0 Å². The SMILES string of the molecule is CC1(C)OB(c2cc3c(oc4c5ccccc5c5ccccc5c34)c3ccccc23)OC1(C)C. The van der Waals surface area contributed by atoms with Gasteiger partial charge < -0.3 is 13.7 Å². The van der Waals surface area contributed by atoms with Crippen LogP contribution in [0.25, 0.3) is 54.3 Å². The molecule has 0 unspecified atom stereocenters. The first-order valence-corrected chi connectivity index (χ1v) is 11.9. The molecule has 1 fully saturated rings. The minimum atomic E-state index is -0.448. The topological polar surface area (TPSA) is 31.6 Å². The van der Waals surface area contributed by atoms with Crippen molar-refractivity contribution in [2.45, 2.75) is 38.9 Å². The van der Waals surface area contributed by atoms with E-state index >= 15 is 0 Å². The molecule has 3 nitrogen and oxygen atoms in total. The van der Waals surface area contributed by atoms with Gasteiger partial charge in [0, 0.05) is 21.5 Å². The monoisotopic (exact) mass is 444 g/mol. The van der Waals surface area contributed by atoms with Crippen molar-refractivity contribution in [2.75, 3.05) is 0 Å². The summed E-state index contributed by atoms with van der Waals surface area (Å²) in [6.07, 6.45) is 0. The molecule has 0 bridgehead atoms. The maximum absolute atomic E-state index is 6.70. The van der Waals surface area contributed by atoms with Crippen LogP contribution in [-0.2, 0) is 9.31 Å². The Balaban J connectivity index is 1.66. The van der Waals surface area contributed by atoms with Crippen molar-refractivity contribution in [3.63, 3.8) is 0 Å². The molecule has 0 N–H and O–H groups in total. The van der Waals surface area contributed by atoms with Gasteiger partial charge in [-0.25, -0.2) is 0 Å². The van der Waals surface area contributed by atoms with E-state index in [1.165, 1.54) is 16.2 Å². The highest BCUT2D eigenvalue weighted by atomic mass is 16.7. The van der Waals surface area contributed by atoms with Crippen molar-refractivity contribution >= 4 is 66.8 Å². The second kappa shape index (κ2) is 6.62. The highest BCUT2D eigenvalue weighted by molar-refractivity contribution is 6.66. The largest absolute Gasteiger partial charge is 0.495 e. The predicted molar refractivity (Wildman–Crippen MR) is 142 cm³/mol. The van der Waals surface area contributed by atoms with Crippen LogP contribution in [0.15, 0.2) is 83.3 Å². The Hall–Kier alpha value is -3.34. The van der Waals surface area contributed by atoms with Gasteiger partial charge in [0.25, 0.3) is 0 Å². The van der Waals surface area contributed by atoms with Crippen LogP contribution in [0.4, 0.5) is 0 Å². The molecule has 6 aromatic rings.